The van der Waals surface area contributed by atoms with Crippen molar-refractivity contribution in [1.29, 1.82) is 0 Å². The first kappa shape index (κ1) is 12.6. The molecule has 1 fully saturated rings. The SMILES string of the molecule is COC1CC(N2CCc3ccccc3C2C(=O)O)C1. The van der Waals surface area contributed by atoms with Crippen LogP contribution in [0.15, 0.2) is 24.3 Å². The van der Waals surface area contributed by atoms with E-state index in [2.05, 4.69) is 4.90 Å². The van der Waals surface area contributed by atoms with E-state index < -0.39 is 12.0 Å². The van der Waals surface area contributed by atoms with E-state index in [0.29, 0.717) is 12.1 Å². The highest BCUT2D eigenvalue weighted by Crippen LogP contribution is 2.37. The Labute approximate surface area is 113 Å². The van der Waals surface area contributed by atoms with Crippen molar-refractivity contribution in [2.24, 2.45) is 0 Å². The molecule has 1 N–H and O–H groups in total. The zero-order valence-electron chi connectivity index (χ0n) is 11.1. The molecule has 102 valence electrons. The number of benzene rings is 1. The Bertz CT molecular complexity index is 482. The van der Waals surface area contributed by atoms with E-state index in [1.807, 2.05) is 24.3 Å². The molecule has 0 aromatic heterocycles. The molecule has 1 aromatic rings. The fraction of sp³-hybridized carbons (Fsp3) is 0.533. The Morgan fingerprint density at radius 1 is 1.37 bits per heavy atom. The van der Waals surface area contributed by atoms with Crippen molar-refractivity contribution in [3.05, 3.63) is 35.4 Å². The molecule has 1 unspecified atom stereocenters. The molecule has 0 radical (unpaired) electrons. The Hall–Kier alpha value is -1.39. The number of methoxy groups -OCH3 is 1. The van der Waals surface area contributed by atoms with E-state index >= 15 is 0 Å². The molecular formula is C15H19NO3. The van der Waals surface area contributed by atoms with Gasteiger partial charge < -0.3 is 9.84 Å². The van der Waals surface area contributed by atoms with Crippen molar-refractivity contribution in [3.8, 4) is 0 Å². The van der Waals surface area contributed by atoms with Crippen LogP contribution in [0.2, 0.25) is 0 Å². The third-order valence-corrected chi connectivity index (χ3v) is 4.43. The Morgan fingerprint density at radius 3 is 2.79 bits per heavy atom. The summed E-state index contributed by atoms with van der Waals surface area (Å²) in [4.78, 5) is 13.8. The Balaban J connectivity index is 1.85. The van der Waals surface area contributed by atoms with E-state index in [1.54, 1.807) is 7.11 Å². The van der Waals surface area contributed by atoms with Crippen LogP contribution in [0.25, 0.3) is 0 Å². The highest BCUT2D eigenvalue weighted by molar-refractivity contribution is 5.76. The summed E-state index contributed by atoms with van der Waals surface area (Å²) in [5, 5.41) is 9.57. The van der Waals surface area contributed by atoms with Gasteiger partial charge in [0.25, 0.3) is 0 Å². The lowest BCUT2D eigenvalue weighted by Crippen LogP contribution is -2.53. The van der Waals surface area contributed by atoms with Crippen LogP contribution < -0.4 is 0 Å². The second-order valence-electron chi connectivity index (χ2n) is 5.41. The van der Waals surface area contributed by atoms with E-state index in [1.165, 1.54) is 5.56 Å². The van der Waals surface area contributed by atoms with Crippen LogP contribution >= 0.6 is 0 Å². The zero-order chi connectivity index (χ0) is 13.4. The molecule has 3 rings (SSSR count). The summed E-state index contributed by atoms with van der Waals surface area (Å²) in [7, 11) is 1.72. The molecule has 0 bridgehead atoms. The maximum atomic E-state index is 11.7. The van der Waals surface area contributed by atoms with Crippen molar-refractivity contribution >= 4 is 5.97 Å². The maximum Gasteiger partial charge on any atom is 0.325 e. The second kappa shape index (κ2) is 4.94. The molecule has 1 heterocycles. The normalized spacial score (nSPS) is 30.5. The van der Waals surface area contributed by atoms with E-state index in [4.69, 9.17) is 4.74 Å². The fourth-order valence-electron chi connectivity index (χ4n) is 3.26. The van der Waals surface area contributed by atoms with Crippen LogP contribution in [0.1, 0.15) is 30.0 Å². The summed E-state index contributed by atoms with van der Waals surface area (Å²) in [5.74, 6) is -0.743. The summed E-state index contributed by atoms with van der Waals surface area (Å²) in [6.45, 7) is 0.828. The molecule has 0 amide bonds. The molecule has 0 spiro atoms. The van der Waals surface area contributed by atoms with Gasteiger partial charge in [-0.25, -0.2) is 0 Å². The third-order valence-electron chi connectivity index (χ3n) is 4.43. The molecule has 4 heteroatoms. The number of nitrogens with zero attached hydrogens (tertiary/aromatic N) is 1. The van der Waals surface area contributed by atoms with Crippen molar-refractivity contribution in [1.82, 2.24) is 4.90 Å². The third kappa shape index (κ3) is 2.15. The lowest BCUT2D eigenvalue weighted by atomic mass is 9.83. The van der Waals surface area contributed by atoms with Crippen LogP contribution in [0.3, 0.4) is 0 Å². The predicted octanol–water partition coefficient (Wildman–Crippen LogP) is 1.85. The van der Waals surface area contributed by atoms with Gasteiger partial charge in [0, 0.05) is 19.7 Å². The number of hydrogen-bond acceptors (Lipinski definition) is 3. The number of carboxylic acid groups (broad SMARTS) is 1. The molecule has 1 aliphatic carbocycles. The number of carbonyl (C=O) groups is 1. The number of fused-ring (bicyclic) bond motifs is 1. The van der Waals surface area contributed by atoms with E-state index in [0.717, 1.165) is 31.4 Å². The predicted molar refractivity (Wildman–Crippen MR) is 71.0 cm³/mol. The molecule has 1 aliphatic heterocycles. The minimum atomic E-state index is -0.743. The number of rotatable bonds is 3. The average Bonchev–Trinajstić information content (AvgIpc) is 2.36. The van der Waals surface area contributed by atoms with Gasteiger partial charge in [-0.3, -0.25) is 9.69 Å². The number of ether oxygens (including phenoxy) is 1. The minimum Gasteiger partial charge on any atom is -0.480 e. The summed E-state index contributed by atoms with van der Waals surface area (Å²) in [5.41, 5.74) is 2.14. The molecule has 19 heavy (non-hydrogen) atoms. The van der Waals surface area contributed by atoms with Crippen molar-refractivity contribution in [3.63, 3.8) is 0 Å². The summed E-state index contributed by atoms with van der Waals surface area (Å²) in [6.07, 6.45) is 3.13. The highest BCUT2D eigenvalue weighted by Gasteiger charge is 2.42. The molecule has 1 aromatic carbocycles. The van der Waals surface area contributed by atoms with Crippen molar-refractivity contribution in [2.75, 3.05) is 13.7 Å². The Kier molecular flexibility index (Phi) is 3.29. The first-order valence-electron chi connectivity index (χ1n) is 6.80. The van der Waals surface area contributed by atoms with Crippen molar-refractivity contribution < 1.29 is 14.6 Å². The van der Waals surface area contributed by atoms with Gasteiger partial charge in [0.1, 0.15) is 6.04 Å². The summed E-state index contributed by atoms with van der Waals surface area (Å²) in [6, 6.07) is 7.76. The number of aliphatic carboxylic acids is 1. The first-order chi connectivity index (χ1) is 9.20. The molecule has 1 saturated carbocycles. The van der Waals surface area contributed by atoms with Gasteiger partial charge in [0.05, 0.1) is 6.10 Å². The second-order valence-corrected chi connectivity index (χ2v) is 5.41. The maximum absolute atomic E-state index is 11.7. The molecule has 1 atom stereocenters. The zero-order valence-corrected chi connectivity index (χ0v) is 11.1. The molecular weight excluding hydrogens is 242 g/mol. The van der Waals surface area contributed by atoms with Gasteiger partial charge in [-0.05, 0) is 30.4 Å². The highest BCUT2D eigenvalue weighted by atomic mass is 16.5. The van der Waals surface area contributed by atoms with Gasteiger partial charge in [0.2, 0.25) is 0 Å². The van der Waals surface area contributed by atoms with Gasteiger partial charge in [-0.15, -0.1) is 0 Å². The average molecular weight is 261 g/mol. The van der Waals surface area contributed by atoms with Gasteiger partial charge in [0.15, 0.2) is 0 Å². The first-order valence-corrected chi connectivity index (χ1v) is 6.80. The standard InChI is InChI=1S/C15H19NO3/c1-19-12-8-11(9-12)16-7-6-10-4-2-3-5-13(10)14(16)15(17)18/h2-5,11-12,14H,6-9H2,1H3,(H,17,18). The monoisotopic (exact) mass is 261 g/mol. The van der Waals surface area contributed by atoms with Crippen LogP contribution in [0.5, 0.6) is 0 Å². The van der Waals surface area contributed by atoms with E-state index in [-0.39, 0.29) is 0 Å². The van der Waals surface area contributed by atoms with Crippen LogP contribution in [0, 0.1) is 0 Å². The topological polar surface area (TPSA) is 49.8 Å². The van der Waals surface area contributed by atoms with E-state index in [9.17, 15) is 9.90 Å². The number of hydrogen-bond donors (Lipinski definition) is 1. The minimum absolute atomic E-state index is 0.302. The summed E-state index contributed by atoms with van der Waals surface area (Å²) >= 11 is 0. The van der Waals surface area contributed by atoms with Gasteiger partial charge in [-0.1, -0.05) is 24.3 Å². The quantitative estimate of drug-likeness (QED) is 0.902. The van der Waals surface area contributed by atoms with Gasteiger partial charge >= 0.3 is 5.97 Å². The molecule has 0 saturated heterocycles. The Morgan fingerprint density at radius 2 is 2.11 bits per heavy atom. The summed E-state index contributed by atoms with van der Waals surface area (Å²) < 4.78 is 5.30. The van der Waals surface area contributed by atoms with Crippen LogP contribution in [0.4, 0.5) is 0 Å². The fourth-order valence-corrected chi connectivity index (χ4v) is 3.26. The lowest BCUT2D eigenvalue weighted by molar-refractivity contribution is -0.148. The van der Waals surface area contributed by atoms with Crippen LogP contribution in [-0.4, -0.2) is 41.8 Å². The molecule has 4 nitrogen and oxygen atoms in total. The number of carboxylic acids is 1. The van der Waals surface area contributed by atoms with Gasteiger partial charge in [-0.2, -0.15) is 0 Å². The van der Waals surface area contributed by atoms with Crippen LogP contribution in [-0.2, 0) is 16.0 Å². The smallest absolute Gasteiger partial charge is 0.325 e. The van der Waals surface area contributed by atoms with Crippen molar-refractivity contribution in [2.45, 2.75) is 37.5 Å². The molecule has 2 aliphatic rings. The largest absolute Gasteiger partial charge is 0.480 e. The lowest BCUT2D eigenvalue weighted by Gasteiger charge is -2.46.